The van der Waals surface area contributed by atoms with E-state index < -0.39 is 0 Å². The van der Waals surface area contributed by atoms with E-state index in [4.69, 9.17) is 4.42 Å². The first kappa shape index (κ1) is 7.37. The van der Waals surface area contributed by atoms with Crippen molar-refractivity contribution in [1.82, 2.24) is 0 Å². The molecule has 0 unspecified atom stereocenters. The summed E-state index contributed by atoms with van der Waals surface area (Å²) < 4.78 is 7.16. The molecule has 1 aromatic heterocycles. The van der Waals surface area contributed by atoms with Crippen molar-refractivity contribution in [2.75, 3.05) is 0 Å². The lowest BCUT2D eigenvalue weighted by Crippen LogP contribution is -1.63. The van der Waals surface area contributed by atoms with E-state index in [1.165, 1.54) is 0 Å². The van der Waals surface area contributed by atoms with Crippen LogP contribution < -0.4 is 0 Å². The van der Waals surface area contributed by atoms with Crippen molar-refractivity contribution in [3.8, 4) is 0 Å². The van der Waals surface area contributed by atoms with E-state index in [0.29, 0.717) is 0 Å². The van der Waals surface area contributed by atoms with Crippen molar-refractivity contribution >= 4 is 42.8 Å². The Balaban J connectivity index is 2.90. The first-order chi connectivity index (χ1) is 5.27. The van der Waals surface area contributed by atoms with Gasteiger partial charge >= 0.3 is 0 Å². The van der Waals surface area contributed by atoms with Gasteiger partial charge < -0.3 is 4.42 Å². The fourth-order valence-corrected chi connectivity index (χ4v) is 1.86. The molecular formula is C8H4Br2O. The van der Waals surface area contributed by atoms with E-state index >= 15 is 0 Å². The summed E-state index contributed by atoms with van der Waals surface area (Å²) in [6.45, 7) is 0. The quantitative estimate of drug-likeness (QED) is 0.709. The molecular weight excluding hydrogens is 272 g/mol. The number of furan rings is 1. The van der Waals surface area contributed by atoms with E-state index in [-0.39, 0.29) is 0 Å². The van der Waals surface area contributed by atoms with Crippen LogP contribution in [0.2, 0.25) is 0 Å². The summed E-state index contributed by atoms with van der Waals surface area (Å²) >= 11 is 6.70. The molecule has 0 atom stereocenters. The Bertz CT molecular complexity index is 392. The van der Waals surface area contributed by atoms with Crippen LogP contribution in [-0.4, -0.2) is 0 Å². The van der Waals surface area contributed by atoms with Gasteiger partial charge in [-0.05, 0) is 28.1 Å². The Morgan fingerprint density at radius 2 is 2.00 bits per heavy atom. The van der Waals surface area contributed by atoms with E-state index in [1.54, 1.807) is 0 Å². The summed E-state index contributed by atoms with van der Waals surface area (Å²) in [5.74, 6) is 0. The molecule has 0 aliphatic carbocycles. The van der Waals surface area contributed by atoms with Crippen LogP contribution in [0.1, 0.15) is 0 Å². The second kappa shape index (κ2) is 2.64. The Kier molecular flexibility index (Phi) is 1.77. The van der Waals surface area contributed by atoms with E-state index in [0.717, 1.165) is 20.1 Å². The number of hydrogen-bond donors (Lipinski definition) is 0. The standard InChI is InChI=1S/C8H4Br2O/c9-6-2-1-3-7-5(6)4-8(10)11-7/h1-4H. The zero-order valence-electron chi connectivity index (χ0n) is 5.47. The minimum absolute atomic E-state index is 0.763. The van der Waals surface area contributed by atoms with Gasteiger partial charge in [-0.2, -0.15) is 0 Å². The molecule has 11 heavy (non-hydrogen) atoms. The highest BCUT2D eigenvalue weighted by atomic mass is 79.9. The predicted octanol–water partition coefficient (Wildman–Crippen LogP) is 3.96. The van der Waals surface area contributed by atoms with Crippen LogP contribution in [0, 0.1) is 0 Å². The Labute approximate surface area is 80.6 Å². The van der Waals surface area contributed by atoms with Gasteiger partial charge in [0.25, 0.3) is 0 Å². The summed E-state index contributed by atoms with van der Waals surface area (Å²) in [5, 5.41) is 1.10. The van der Waals surface area contributed by atoms with Crippen molar-refractivity contribution in [3.05, 3.63) is 33.4 Å². The number of halogens is 2. The molecule has 1 aromatic carbocycles. The molecule has 2 aromatic rings. The molecule has 3 heteroatoms. The van der Waals surface area contributed by atoms with Gasteiger partial charge in [0, 0.05) is 15.9 Å². The Morgan fingerprint density at radius 3 is 2.73 bits per heavy atom. The number of fused-ring (bicyclic) bond motifs is 1. The third-order valence-electron chi connectivity index (χ3n) is 1.48. The molecule has 2 rings (SSSR count). The molecule has 0 radical (unpaired) electrons. The maximum atomic E-state index is 5.34. The zero-order valence-corrected chi connectivity index (χ0v) is 8.65. The highest BCUT2D eigenvalue weighted by molar-refractivity contribution is 9.11. The summed E-state index contributed by atoms with van der Waals surface area (Å²) in [7, 11) is 0. The van der Waals surface area contributed by atoms with Gasteiger partial charge in [-0.15, -0.1) is 0 Å². The molecule has 0 saturated carbocycles. The van der Waals surface area contributed by atoms with E-state index in [9.17, 15) is 0 Å². The topological polar surface area (TPSA) is 13.1 Å². The molecule has 0 aliphatic heterocycles. The Hall–Kier alpha value is -0.280. The molecule has 1 heterocycles. The normalized spacial score (nSPS) is 10.7. The van der Waals surface area contributed by atoms with Crippen LogP contribution in [0.5, 0.6) is 0 Å². The predicted molar refractivity (Wildman–Crippen MR) is 51.6 cm³/mol. The van der Waals surface area contributed by atoms with Gasteiger partial charge in [0.05, 0.1) is 0 Å². The number of rotatable bonds is 0. The highest BCUT2D eigenvalue weighted by Gasteiger charge is 2.02. The molecule has 1 nitrogen and oxygen atoms in total. The molecule has 0 amide bonds. The van der Waals surface area contributed by atoms with Gasteiger partial charge in [-0.3, -0.25) is 0 Å². The lowest BCUT2D eigenvalue weighted by atomic mass is 10.3. The van der Waals surface area contributed by atoms with Crippen molar-refractivity contribution in [2.45, 2.75) is 0 Å². The molecule has 0 saturated heterocycles. The smallest absolute Gasteiger partial charge is 0.170 e. The zero-order chi connectivity index (χ0) is 7.84. The third-order valence-corrected chi connectivity index (χ3v) is 2.56. The van der Waals surface area contributed by atoms with Crippen molar-refractivity contribution in [1.29, 1.82) is 0 Å². The van der Waals surface area contributed by atoms with Gasteiger partial charge in [0.1, 0.15) is 5.58 Å². The largest absolute Gasteiger partial charge is 0.449 e. The molecule has 0 aliphatic rings. The molecule has 0 fully saturated rings. The van der Waals surface area contributed by atoms with E-state index in [2.05, 4.69) is 31.9 Å². The lowest BCUT2D eigenvalue weighted by Gasteiger charge is -1.88. The Morgan fingerprint density at radius 1 is 1.18 bits per heavy atom. The average Bonchev–Trinajstić information content (AvgIpc) is 2.31. The van der Waals surface area contributed by atoms with Crippen LogP contribution in [-0.2, 0) is 0 Å². The van der Waals surface area contributed by atoms with Gasteiger partial charge in [0.15, 0.2) is 4.67 Å². The fraction of sp³-hybridized carbons (Fsp3) is 0. The third kappa shape index (κ3) is 1.23. The number of hydrogen-bond acceptors (Lipinski definition) is 1. The monoisotopic (exact) mass is 274 g/mol. The van der Waals surface area contributed by atoms with Crippen molar-refractivity contribution < 1.29 is 4.42 Å². The second-order valence-corrected chi connectivity index (χ2v) is 3.84. The molecule has 56 valence electrons. The van der Waals surface area contributed by atoms with Crippen molar-refractivity contribution in [3.63, 3.8) is 0 Å². The maximum Gasteiger partial charge on any atom is 0.170 e. The average molecular weight is 276 g/mol. The van der Waals surface area contributed by atoms with Crippen LogP contribution in [0.25, 0.3) is 11.0 Å². The van der Waals surface area contributed by atoms with Gasteiger partial charge in [-0.25, -0.2) is 0 Å². The lowest BCUT2D eigenvalue weighted by molar-refractivity contribution is 0.587. The molecule has 0 bridgehead atoms. The van der Waals surface area contributed by atoms with Gasteiger partial charge in [0.2, 0.25) is 0 Å². The van der Waals surface area contributed by atoms with E-state index in [1.807, 2.05) is 24.3 Å². The molecule has 0 spiro atoms. The van der Waals surface area contributed by atoms with Crippen LogP contribution >= 0.6 is 31.9 Å². The SMILES string of the molecule is Brc1cc2c(Br)cccc2o1. The van der Waals surface area contributed by atoms with Crippen molar-refractivity contribution in [2.24, 2.45) is 0 Å². The van der Waals surface area contributed by atoms with Gasteiger partial charge in [-0.1, -0.05) is 22.0 Å². The minimum atomic E-state index is 0.763. The fourth-order valence-electron chi connectivity index (χ4n) is 0.994. The maximum absolute atomic E-state index is 5.34. The summed E-state index contributed by atoms with van der Waals surface area (Å²) in [6.07, 6.45) is 0. The van der Waals surface area contributed by atoms with Crippen LogP contribution in [0.3, 0.4) is 0 Å². The summed E-state index contributed by atoms with van der Waals surface area (Å²) in [5.41, 5.74) is 0.895. The number of benzene rings is 1. The molecule has 0 N–H and O–H groups in total. The second-order valence-electron chi connectivity index (χ2n) is 2.20. The first-order valence-corrected chi connectivity index (χ1v) is 4.69. The first-order valence-electron chi connectivity index (χ1n) is 3.11. The van der Waals surface area contributed by atoms with Crippen LogP contribution in [0.15, 0.2) is 37.8 Å². The highest BCUT2D eigenvalue weighted by Crippen LogP contribution is 2.28. The van der Waals surface area contributed by atoms with Crippen LogP contribution in [0.4, 0.5) is 0 Å². The minimum Gasteiger partial charge on any atom is -0.449 e. The summed E-state index contributed by atoms with van der Waals surface area (Å²) in [6, 6.07) is 7.82. The summed E-state index contributed by atoms with van der Waals surface area (Å²) in [4.78, 5) is 0.